The van der Waals surface area contributed by atoms with E-state index in [1.54, 1.807) is 0 Å². The fourth-order valence-electron chi connectivity index (χ4n) is 4.08. The fraction of sp³-hybridized carbons (Fsp3) is 0.586. The van der Waals surface area contributed by atoms with Crippen LogP contribution in [0.3, 0.4) is 0 Å². The Morgan fingerprint density at radius 3 is 1.94 bits per heavy atom. The van der Waals surface area contributed by atoms with Crippen molar-refractivity contribution < 1.29 is 9.84 Å². The number of thioether (sulfide) groups is 1. The summed E-state index contributed by atoms with van der Waals surface area (Å²) in [4.78, 5) is 1.30. The van der Waals surface area contributed by atoms with Gasteiger partial charge in [0.15, 0.2) is 0 Å². The summed E-state index contributed by atoms with van der Waals surface area (Å²) in [7, 11) is 0. The molecule has 1 atom stereocenters. The first-order valence-electron chi connectivity index (χ1n) is 12.7. The van der Waals surface area contributed by atoms with Crippen LogP contribution in [0, 0.1) is 0 Å². The standard InChI is InChI=1S/C29H44O2S/c1-2-3-4-5-6-7-8-9-16-22-29(30,26-31-25-27-18-12-10-13-19-27)23-17-24-32-28-20-14-11-15-21-28/h10-15,18-21,30H,2-9,16-17,22-26H2,1H3/t29-/m1/s1. The molecule has 0 heterocycles. The molecule has 0 bridgehead atoms. The lowest BCUT2D eigenvalue weighted by Gasteiger charge is -2.28. The lowest BCUT2D eigenvalue weighted by molar-refractivity contribution is -0.0635. The highest BCUT2D eigenvalue weighted by Gasteiger charge is 2.26. The van der Waals surface area contributed by atoms with E-state index in [4.69, 9.17) is 4.74 Å². The molecule has 3 heteroatoms. The summed E-state index contributed by atoms with van der Waals surface area (Å²) in [5.74, 6) is 1.03. The molecule has 1 N–H and O–H groups in total. The molecule has 2 aromatic rings. The van der Waals surface area contributed by atoms with Gasteiger partial charge in [0.1, 0.15) is 0 Å². The Hall–Kier alpha value is -1.29. The van der Waals surface area contributed by atoms with E-state index < -0.39 is 5.60 Å². The summed E-state index contributed by atoms with van der Waals surface area (Å²) in [6.45, 7) is 3.26. The van der Waals surface area contributed by atoms with Gasteiger partial charge in [-0.1, -0.05) is 113 Å². The molecule has 0 fully saturated rings. The zero-order valence-corrected chi connectivity index (χ0v) is 21.0. The van der Waals surface area contributed by atoms with Crippen LogP contribution in [0.25, 0.3) is 0 Å². The van der Waals surface area contributed by atoms with E-state index in [1.807, 2.05) is 30.0 Å². The Morgan fingerprint density at radius 2 is 1.28 bits per heavy atom. The summed E-state index contributed by atoms with van der Waals surface area (Å²) in [5, 5.41) is 11.4. The number of rotatable bonds is 19. The number of benzene rings is 2. The van der Waals surface area contributed by atoms with Crippen LogP contribution in [0.1, 0.15) is 89.5 Å². The molecule has 0 radical (unpaired) electrons. The first kappa shape index (κ1) is 27.0. The van der Waals surface area contributed by atoms with Crippen molar-refractivity contribution in [3.63, 3.8) is 0 Å². The number of hydrogen-bond acceptors (Lipinski definition) is 3. The van der Waals surface area contributed by atoms with E-state index in [-0.39, 0.29) is 0 Å². The second-order valence-electron chi connectivity index (χ2n) is 9.05. The third kappa shape index (κ3) is 12.7. The van der Waals surface area contributed by atoms with Crippen LogP contribution in [0.15, 0.2) is 65.6 Å². The van der Waals surface area contributed by atoms with Crippen molar-refractivity contribution >= 4 is 11.8 Å². The van der Waals surface area contributed by atoms with Gasteiger partial charge in [0, 0.05) is 4.90 Å². The first-order valence-corrected chi connectivity index (χ1v) is 13.7. The molecule has 0 spiro atoms. The molecule has 178 valence electrons. The molecule has 0 saturated heterocycles. The van der Waals surface area contributed by atoms with Crippen LogP contribution in [0.5, 0.6) is 0 Å². The molecule has 0 aromatic heterocycles. The predicted octanol–water partition coefficient (Wildman–Crippen LogP) is 8.43. The Labute approximate surface area is 201 Å². The van der Waals surface area contributed by atoms with Crippen molar-refractivity contribution in [1.82, 2.24) is 0 Å². The first-order chi connectivity index (χ1) is 15.7. The van der Waals surface area contributed by atoms with Crippen LogP contribution in [0.2, 0.25) is 0 Å². The molecule has 2 aromatic carbocycles. The molecule has 32 heavy (non-hydrogen) atoms. The summed E-state index contributed by atoms with van der Waals surface area (Å²) >= 11 is 1.87. The quantitative estimate of drug-likeness (QED) is 0.170. The predicted molar refractivity (Wildman–Crippen MR) is 139 cm³/mol. The smallest absolute Gasteiger partial charge is 0.0880 e. The van der Waals surface area contributed by atoms with Crippen molar-refractivity contribution in [3.05, 3.63) is 66.2 Å². The van der Waals surface area contributed by atoms with Crippen LogP contribution in [-0.4, -0.2) is 23.1 Å². The summed E-state index contributed by atoms with van der Waals surface area (Å²) < 4.78 is 5.98. The molecule has 2 nitrogen and oxygen atoms in total. The third-order valence-corrected chi connectivity index (χ3v) is 7.12. The summed E-state index contributed by atoms with van der Waals surface area (Å²) in [6.07, 6.45) is 14.4. The maximum absolute atomic E-state index is 11.4. The Bertz CT molecular complexity index is 676. The van der Waals surface area contributed by atoms with Crippen LogP contribution >= 0.6 is 11.8 Å². The molecule has 0 aliphatic heterocycles. The van der Waals surface area contributed by atoms with Crippen molar-refractivity contribution in [3.8, 4) is 0 Å². The average Bonchev–Trinajstić information content (AvgIpc) is 2.82. The largest absolute Gasteiger partial charge is 0.387 e. The van der Waals surface area contributed by atoms with Gasteiger partial charge in [0.25, 0.3) is 0 Å². The number of aliphatic hydroxyl groups is 1. The van der Waals surface area contributed by atoms with Crippen molar-refractivity contribution in [2.75, 3.05) is 12.4 Å². The molecular formula is C29H44O2S. The van der Waals surface area contributed by atoms with Gasteiger partial charge in [-0.2, -0.15) is 0 Å². The lowest BCUT2D eigenvalue weighted by Crippen LogP contribution is -2.34. The Balaban J connectivity index is 1.69. The van der Waals surface area contributed by atoms with Gasteiger partial charge < -0.3 is 9.84 Å². The van der Waals surface area contributed by atoms with E-state index in [0.29, 0.717) is 13.2 Å². The maximum atomic E-state index is 11.4. The normalized spacial score (nSPS) is 13.2. The topological polar surface area (TPSA) is 29.5 Å². The molecule has 0 unspecified atom stereocenters. The number of ether oxygens (including phenoxy) is 1. The van der Waals surface area contributed by atoms with Crippen molar-refractivity contribution in [1.29, 1.82) is 0 Å². The van der Waals surface area contributed by atoms with Crippen LogP contribution in [-0.2, 0) is 11.3 Å². The summed E-state index contributed by atoms with van der Waals surface area (Å²) in [5.41, 5.74) is 0.449. The highest BCUT2D eigenvalue weighted by Crippen LogP contribution is 2.26. The third-order valence-electron chi connectivity index (χ3n) is 6.03. The van der Waals surface area contributed by atoms with Gasteiger partial charge in [0.05, 0.1) is 18.8 Å². The molecule has 0 amide bonds. The molecule has 0 aliphatic carbocycles. The lowest BCUT2D eigenvalue weighted by atomic mass is 9.91. The van der Waals surface area contributed by atoms with Gasteiger partial charge >= 0.3 is 0 Å². The van der Waals surface area contributed by atoms with E-state index >= 15 is 0 Å². The minimum Gasteiger partial charge on any atom is -0.387 e. The average molecular weight is 457 g/mol. The van der Waals surface area contributed by atoms with E-state index in [2.05, 4.69) is 49.4 Å². The van der Waals surface area contributed by atoms with E-state index in [1.165, 1.54) is 56.3 Å². The fourth-order valence-corrected chi connectivity index (χ4v) is 4.95. The van der Waals surface area contributed by atoms with E-state index in [9.17, 15) is 5.11 Å². The van der Waals surface area contributed by atoms with Crippen molar-refractivity contribution in [2.24, 2.45) is 0 Å². The Morgan fingerprint density at radius 1 is 0.719 bits per heavy atom. The highest BCUT2D eigenvalue weighted by atomic mass is 32.2. The van der Waals surface area contributed by atoms with Gasteiger partial charge in [-0.3, -0.25) is 0 Å². The van der Waals surface area contributed by atoms with Crippen LogP contribution < -0.4 is 0 Å². The van der Waals surface area contributed by atoms with E-state index in [0.717, 1.165) is 37.0 Å². The van der Waals surface area contributed by atoms with Crippen LogP contribution in [0.4, 0.5) is 0 Å². The Kier molecular flexibility index (Phi) is 14.5. The monoisotopic (exact) mass is 456 g/mol. The highest BCUT2D eigenvalue weighted by molar-refractivity contribution is 7.99. The zero-order chi connectivity index (χ0) is 22.7. The minimum atomic E-state index is -0.715. The minimum absolute atomic E-state index is 0.426. The van der Waals surface area contributed by atoms with Gasteiger partial charge in [-0.25, -0.2) is 0 Å². The van der Waals surface area contributed by atoms with Crippen molar-refractivity contribution in [2.45, 2.75) is 101 Å². The number of unbranched alkanes of at least 4 members (excludes halogenated alkanes) is 8. The van der Waals surface area contributed by atoms with Gasteiger partial charge in [0.2, 0.25) is 0 Å². The van der Waals surface area contributed by atoms with Gasteiger partial charge in [-0.15, -0.1) is 11.8 Å². The number of hydrogen-bond donors (Lipinski definition) is 1. The zero-order valence-electron chi connectivity index (χ0n) is 20.1. The van der Waals surface area contributed by atoms with Gasteiger partial charge in [-0.05, 0) is 42.7 Å². The molecule has 0 saturated carbocycles. The second-order valence-corrected chi connectivity index (χ2v) is 10.2. The molecule has 0 aliphatic rings. The second kappa shape index (κ2) is 17.2. The maximum Gasteiger partial charge on any atom is 0.0880 e. The molecular weight excluding hydrogens is 412 g/mol. The SMILES string of the molecule is CCCCCCCCCCC[C@@](O)(CCCSc1ccccc1)COCc1ccccc1. The molecule has 2 rings (SSSR count). The summed E-state index contributed by atoms with van der Waals surface area (Å²) in [6, 6.07) is 20.8.